The van der Waals surface area contributed by atoms with Crippen molar-refractivity contribution < 1.29 is 9.90 Å². The Labute approximate surface area is 43.1 Å². The second-order valence-corrected chi connectivity index (χ2v) is 1.18. The van der Waals surface area contributed by atoms with Crippen molar-refractivity contribution >= 4 is 13.9 Å². The largest absolute Gasteiger partial charge is 0.407 e. The van der Waals surface area contributed by atoms with E-state index < -0.39 is 12.0 Å². The molecule has 7 heavy (non-hydrogen) atoms. The van der Waals surface area contributed by atoms with Gasteiger partial charge in [-0.05, 0) is 6.92 Å². The van der Waals surface area contributed by atoms with Gasteiger partial charge in [0.1, 0.15) is 6.10 Å². The summed E-state index contributed by atoms with van der Waals surface area (Å²) in [5.74, 6) is -0.569. The Morgan fingerprint density at radius 2 is 2.43 bits per heavy atom. The number of carbonyl (C=O) groups is 1. The zero-order valence-corrected chi connectivity index (χ0v) is 4.01. The average molecular weight is 98.9 g/mol. The highest BCUT2D eigenvalue weighted by Gasteiger charge is 2.02. The standard InChI is InChI=1S/C3H6BNO2/c1-2(6)3(7)5-4/h2,6H,1H3,(H,5,7). The SMILES string of the molecule is [B]NC(=O)C(C)O. The number of aliphatic hydroxyl groups excluding tert-OH is 1. The van der Waals surface area contributed by atoms with E-state index in [1.807, 2.05) is 0 Å². The zero-order chi connectivity index (χ0) is 5.86. The summed E-state index contributed by atoms with van der Waals surface area (Å²) in [6, 6.07) is 0. The molecule has 0 saturated carbocycles. The molecule has 0 aliphatic heterocycles. The summed E-state index contributed by atoms with van der Waals surface area (Å²) >= 11 is 0. The van der Waals surface area contributed by atoms with E-state index >= 15 is 0 Å². The van der Waals surface area contributed by atoms with Crippen LogP contribution in [0.25, 0.3) is 0 Å². The number of amides is 1. The summed E-state index contributed by atoms with van der Waals surface area (Å²) < 4.78 is 0. The summed E-state index contributed by atoms with van der Waals surface area (Å²) in [6.07, 6.45) is -1.01. The lowest BCUT2D eigenvalue weighted by atomic mass is 10.3. The van der Waals surface area contributed by atoms with Gasteiger partial charge in [-0.15, -0.1) is 0 Å². The molecule has 38 valence electrons. The highest BCUT2D eigenvalue weighted by Crippen LogP contribution is 1.73. The maximum Gasteiger partial charge on any atom is 0.235 e. The highest BCUT2D eigenvalue weighted by molar-refractivity contribution is 6.14. The maximum atomic E-state index is 10.0. The van der Waals surface area contributed by atoms with E-state index in [0.29, 0.717) is 0 Å². The lowest BCUT2D eigenvalue weighted by Crippen LogP contribution is -2.30. The summed E-state index contributed by atoms with van der Waals surface area (Å²) in [7, 11) is 4.61. The maximum absolute atomic E-state index is 10.0. The smallest absolute Gasteiger partial charge is 0.235 e. The Morgan fingerprint density at radius 1 is 2.00 bits per heavy atom. The molecule has 3 nitrogen and oxygen atoms in total. The van der Waals surface area contributed by atoms with Crippen molar-refractivity contribution in [3.63, 3.8) is 0 Å². The average Bonchev–Trinajstić information content (AvgIpc) is 1.65. The zero-order valence-electron chi connectivity index (χ0n) is 4.01. The second kappa shape index (κ2) is 2.63. The van der Waals surface area contributed by atoms with Crippen molar-refractivity contribution in [2.45, 2.75) is 13.0 Å². The van der Waals surface area contributed by atoms with Gasteiger partial charge in [-0.1, -0.05) is 0 Å². The van der Waals surface area contributed by atoms with E-state index in [0.717, 1.165) is 0 Å². The number of nitrogens with one attached hydrogen (secondary N) is 1. The number of hydrogen-bond donors (Lipinski definition) is 2. The third-order valence-electron chi connectivity index (χ3n) is 0.522. The monoisotopic (exact) mass is 99.0 g/mol. The molecule has 0 aliphatic carbocycles. The Bertz CT molecular complexity index is 73.3. The molecule has 1 atom stereocenters. The van der Waals surface area contributed by atoms with Crippen LogP contribution < -0.4 is 5.23 Å². The van der Waals surface area contributed by atoms with Crippen LogP contribution in [0.3, 0.4) is 0 Å². The highest BCUT2D eigenvalue weighted by atomic mass is 16.3. The molecule has 1 unspecified atom stereocenters. The van der Waals surface area contributed by atoms with Crippen LogP contribution in [0.15, 0.2) is 0 Å². The molecule has 0 spiro atoms. The van der Waals surface area contributed by atoms with E-state index in [1.165, 1.54) is 6.92 Å². The summed E-state index contributed by atoms with van der Waals surface area (Å²) in [4.78, 5) is 10.0. The number of hydrogen-bond acceptors (Lipinski definition) is 2. The second-order valence-electron chi connectivity index (χ2n) is 1.18. The number of rotatable bonds is 1. The quantitative estimate of drug-likeness (QED) is 0.396. The van der Waals surface area contributed by atoms with Gasteiger partial charge in [0.05, 0.1) is 0 Å². The van der Waals surface area contributed by atoms with Crippen molar-refractivity contribution in [3.05, 3.63) is 0 Å². The minimum atomic E-state index is -1.01. The molecule has 1 amide bonds. The fraction of sp³-hybridized carbons (Fsp3) is 0.667. The first kappa shape index (κ1) is 6.49. The van der Waals surface area contributed by atoms with Gasteiger partial charge in [0.2, 0.25) is 13.9 Å². The fourth-order valence-corrected chi connectivity index (χ4v) is 0.121. The molecule has 0 aromatic carbocycles. The minimum absolute atomic E-state index is 0.569. The van der Waals surface area contributed by atoms with E-state index in [4.69, 9.17) is 5.11 Å². The Balaban J connectivity index is 3.35. The van der Waals surface area contributed by atoms with Gasteiger partial charge in [0, 0.05) is 0 Å². The lowest BCUT2D eigenvalue weighted by Gasteiger charge is -1.98. The fourth-order valence-electron chi connectivity index (χ4n) is 0.121. The van der Waals surface area contributed by atoms with Crippen molar-refractivity contribution in [3.8, 4) is 0 Å². The van der Waals surface area contributed by atoms with E-state index in [-0.39, 0.29) is 0 Å². The molecule has 2 radical (unpaired) electrons. The van der Waals surface area contributed by atoms with Crippen molar-refractivity contribution in [1.82, 2.24) is 5.23 Å². The van der Waals surface area contributed by atoms with Gasteiger partial charge in [-0.2, -0.15) is 0 Å². The molecule has 4 heteroatoms. The van der Waals surface area contributed by atoms with Crippen LogP contribution in [0.4, 0.5) is 0 Å². The molecular weight excluding hydrogens is 92.8 g/mol. The molecule has 2 N–H and O–H groups in total. The summed E-state index contributed by atoms with van der Waals surface area (Å²) in [5, 5.41) is 10.1. The molecule has 0 rings (SSSR count). The molecular formula is C3H6BNO2. The molecule has 0 fully saturated rings. The predicted molar refractivity (Wildman–Crippen MR) is 25.6 cm³/mol. The van der Waals surface area contributed by atoms with Crippen molar-refractivity contribution in [2.24, 2.45) is 0 Å². The van der Waals surface area contributed by atoms with E-state index in [2.05, 4.69) is 7.98 Å². The third-order valence-corrected chi connectivity index (χ3v) is 0.522. The van der Waals surface area contributed by atoms with Crippen LogP contribution >= 0.6 is 0 Å². The van der Waals surface area contributed by atoms with Crippen LogP contribution in [-0.4, -0.2) is 25.1 Å². The van der Waals surface area contributed by atoms with Crippen LogP contribution in [0, 0.1) is 0 Å². The third kappa shape index (κ3) is 2.22. The summed E-state index contributed by atoms with van der Waals surface area (Å²) in [5.41, 5.74) is 0. The van der Waals surface area contributed by atoms with Gasteiger partial charge in [0.15, 0.2) is 0 Å². The first-order valence-electron chi connectivity index (χ1n) is 1.87. The molecule has 0 aromatic heterocycles. The van der Waals surface area contributed by atoms with E-state index in [9.17, 15) is 4.79 Å². The van der Waals surface area contributed by atoms with Crippen LogP contribution in [0.2, 0.25) is 0 Å². The summed E-state index contributed by atoms with van der Waals surface area (Å²) in [6.45, 7) is 1.34. The van der Waals surface area contributed by atoms with Crippen molar-refractivity contribution in [1.29, 1.82) is 0 Å². The predicted octanol–water partition coefficient (Wildman–Crippen LogP) is -1.43. The van der Waals surface area contributed by atoms with Crippen LogP contribution in [-0.2, 0) is 4.79 Å². The molecule has 0 bridgehead atoms. The van der Waals surface area contributed by atoms with Gasteiger partial charge < -0.3 is 10.3 Å². The van der Waals surface area contributed by atoms with Gasteiger partial charge in [-0.3, -0.25) is 4.79 Å². The van der Waals surface area contributed by atoms with Gasteiger partial charge in [0.25, 0.3) is 0 Å². The number of carbonyl (C=O) groups excluding carboxylic acids is 1. The van der Waals surface area contributed by atoms with Crippen molar-refractivity contribution in [2.75, 3.05) is 0 Å². The Hall–Kier alpha value is -0.505. The van der Waals surface area contributed by atoms with E-state index in [1.54, 1.807) is 5.23 Å². The lowest BCUT2D eigenvalue weighted by molar-refractivity contribution is -0.126. The Morgan fingerprint density at radius 3 is 2.43 bits per heavy atom. The van der Waals surface area contributed by atoms with Gasteiger partial charge >= 0.3 is 0 Å². The van der Waals surface area contributed by atoms with Gasteiger partial charge in [-0.25, -0.2) is 0 Å². The molecule has 0 aromatic rings. The molecule has 0 aliphatic rings. The molecule has 0 saturated heterocycles. The normalized spacial score (nSPS) is 12.9. The van der Waals surface area contributed by atoms with Crippen LogP contribution in [0.5, 0.6) is 0 Å². The first-order chi connectivity index (χ1) is 3.18. The molecule has 0 heterocycles. The first-order valence-corrected chi connectivity index (χ1v) is 1.87. The van der Waals surface area contributed by atoms with Crippen LogP contribution in [0.1, 0.15) is 6.92 Å². The minimum Gasteiger partial charge on any atom is -0.407 e. The Kier molecular flexibility index (Phi) is 2.44. The number of aliphatic hydroxyl groups is 1. The topological polar surface area (TPSA) is 49.3 Å².